The first-order chi connectivity index (χ1) is 8.39. The molecule has 0 spiro atoms. The highest BCUT2D eigenvalue weighted by Crippen LogP contribution is 2.36. The summed E-state index contributed by atoms with van der Waals surface area (Å²) in [6, 6.07) is 8.34. The van der Waals surface area contributed by atoms with Crippen LogP contribution in [-0.4, -0.2) is 0 Å². The van der Waals surface area contributed by atoms with Crippen LogP contribution in [0.2, 0.25) is 0 Å². The minimum absolute atomic E-state index is 0.0434. The molecule has 0 aliphatic carbocycles. The highest BCUT2D eigenvalue weighted by Gasteiger charge is 2.33. The minimum Gasteiger partial charge on any atom is -0.204 e. The second-order valence-corrected chi connectivity index (χ2v) is 3.59. The van der Waals surface area contributed by atoms with Crippen molar-refractivity contribution < 1.29 is 22.0 Å². The third-order valence-corrected chi connectivity index (χ3v) is 2.37. The van der Waals surface area contributed by atoms with Crippen molar-refractivity contribution in [2.75, 3.05) is 0 Å². The molecule has 0 aromatic heterocycles. The van der Waals surface area contributed by atoms with Crippen LogP contribution < -0.4 is 0 Å². The molecule has 0 heterocycles. The summed E-state index contributed by atoms with van der Waals surface area (Å²) in [4.78, 5) is 0. The zero-order chi connectivity index (χ0) is 13.3. The van der Waals surface area contributed by atoms with Gasteiger partial charge in [-0.3, -0.25) is 0 Å². The van der Waals surface area contributed by atoms with Gasteiger partial charge in [-0.2, -0.15) is 13.2 Å². The molecule has 2 aromatic carbocycles. The summed E-state index contributed by atoms with van der Waals surface area (Å²) < 4.78 is 63.9. The normalized spacial score (nSPS) is 11.6. The molecule has 0 N–H and O–H groups in total. The van der Waals surface area contributed by atoms with E-state index in [1.165, 1.54) is 12.1 Å². The lowest BCUT2D eigenvalue weighted by Gasteiger charge is -2.12. The molecule has 5 heteroatoms. The molecule has 0 aliphatic heterocycles. The Morgan fingerprint density at radius 1 is 0.944 bits per heavy atom. The molecule has 0 aliphatic rings. The van der Waals surface area contributed by atoms with Crippen molar-refractivity contribution in [3.05, 3.63) is 59.7 Å². The molecular formula is C13H6F5. The van der Waals surface area contributed by atoms with Crippen molar-refractivity contribution in [3.8, 4) is 11.1 Å². The lowest BCUT2D eigenvalue weighted by atomic mass is 9.99. The molecule has 0 amide bonds. The highest BCUT2D eigenvalue weighted by atomic mass is 19.4. The molecule has 2 rings (SSSR count). The predicted molar refractivity (Wildman–Crippen MR) is 55.6 cm³/mol. The van der Waals surface area contributed by atoms with Gasteiger partial charge in [0, 0.05) is 0 Å². The smallest absolute Gasteiger partial charge is 0.204 e. The first kappa shape index (κ1) is 12.5. The lowest BCUT2D eigenvalue weighted by molar-refractivity contribution is -0.137. The SMILES string of the molecule is Fc1ccc(-c2ccc[c]c2C(F)(F)F)cc1F. The monoisotopic (exact) mass is 257 g/mol. The summed E-state index contributed by atoms with van der Waals surface area (Å²) >= 11 is 0. The van der Waals surface area contributed by atoms with Crippen molar-refractivity contribution in [2.24, 2.45) is 0 Å². The molecule has 0 bridgehead atoms. The molecular weight excluding hydrogens is 251 g/mol. The Labute approximate surface area is 99.7 Å². The number of benzene rings is 2. The van der Waals surface area contributed by atoms with Gasteiger partial charge in [-0.25, -0.2) is 8.78 Å². The van der Waals surface area contributed by atoms with Crippen molar-refractivity contribution in [2.45, 2.75) is 6.18 Å². The van der Waals surface area contributed by atoms with Crippen LogP contribution in [0.5, 0.6) is 0 Å². The number of hydrogen-bond donors (Lipinski definition) is 0. The second-order valence-electron chi connectivity index (χ2n) is 3.59. The van der Waals surface area contributed by atoms with Crippen LogP contribution in [0.3, 0.4) is 0 Å². The van der Waals surface area contributed by atoms with E-state index in [0.717, 1.165) is 24.3 Å². The van der Waals surface area contributed by atoms with Crippen molar-refractivity contribution in [1.82, 2.24) is 0 Å². The topological polar surface area (TPSA) is 0 Å². The van der Waals surface area contributed by atoms with E-state index in [4.69, 9.17) is 0 Å². The van der Waals surface area contributed by atoms with Gasteiger partial charge < -0.3 is 0 Å². The first-order valence-corrected chi connectivity index (χ1v) is 4.93. The Morgan fingerprint density at radius 2 is 1.67 bits per heavy atom. The van der Waals surface area contributed by atoms with Crippen molar-refractivity contribution in [3.63, 3.8) is 0 Å². The molecule has 0 saturated heterocycles. The van der Waals surface area contributed by atoms with Gasteiger partial charge in [-0.15, -0.1) is 0 Å². The van der Waals surface area contributed by atoms with Gasteiger partial charge >= 0.3 is 6.18 Å². The average Bonchev–Trinajstić information content (AvgIpc) is 2.32. The minimum atomic E-state index is -4.60. The van der Waals surface area contributed by atoms with E-state index in [1.54, 1.807) is 0 Å². The van der Waals surface area contributed by atoms with Gasteiger partial charge in [0.2, 0.25) is 0 Å². The Balaban J connectivity index is 2.61. The molecule has 0 nitrogen and oxygen atoms in total. The summed E-state index contributed by atoms with van der Waals surface area (Å²) in [5.41, 5.74) is -1.28. The van der Waals surface area contributed by atoms with Gasteiger partial charge in [0.05, 0.1) is 5.56 Å². The summed E-state index contributed by atoms with van der Waals surface area (Å²) in [5.74, 6) is -2.29. The van der Waals surface area contributed by atoms with Crippen molar-refractivity contribution in [1.29, 1.82) is 0 Å². The van der Waals surface area contributed by atoms with Crippen LogP contribution >= 0.6 is 0 Å². The maximum absolute atomic E-state index is 13.0. The highest BCUT2D eigenvalue weighted by molar-refractivity contribution is 5.67. The molecule has 2 aromatic rings. The number of halogens is 5. The van der Waals surface area contributed by atoms with Crippen LogP contribution in [0, 0.1) is 17.7 Å². The molecule has 0 unspecified atom stereocenters. The molecule has 0 atom stereocenters. The zero-order valence-electron chi connectivity index (χ0n) is 8.85. The Hall–Kier alpha value is -1.91. The van der Waals surface area contributed by atoms with E-state index in [2.05, 4.69) is 6.07 Å². The van der Waals surface area contributed by atoms with E-state index in [-0.39, 0.29) is 11.1 Å². The van der Waals surface area contributed by atoms with E-state index >= 15 is 0 Å². The number of rotatable bonds is 1. The Morgan fingerprint density at radius 3 is 2.28 bits per heavy atom. The third-order valence-electron chi connectivity index (χ3n) is 2.37. The van der Waals surface area contributed by atoms with E-state index in [0.29, 0.717) is 0 Å². The largest absolute Gasteiger partial charge is 0.417 e. The van der Waals surface area contributed by atoms with Gasteiger partial charge in [-0.1, -0.05) is 24.3 Å². The third kappa shape index (κ3) is 2.34. The fourth-order valence-corrected chi connectivity index (χ4v) is 1.58. The van der Waals surface area contributed by atoms with E-state index in [9.17, 15) is 22.0 Å². The van der Waals surface area contributed by atoms with Crippen LogP contribution in [0.4, 0.5) is 22.0 Å². The summed E-state index contributed by atoms with van der Waals surface area (Å²) in [5, 5.41) is 0. The quantitative estimate of drug-likeness (QED) is 0.662. The van der Waals surface area contributed by atoms with Gasteiger partial charge in [0.25, 0.3) is 0 Å². The predicted octanol–water partition coefficient (Wildman–Crippen LogP) is 4.45. The fraction of sp³-hybridized carbons (Fsp3) is 0.0769. The van der Waals surface area contributed by atoms with Gasteiger partial charge in [0.15, 0.2) is 11.6 Å². The standard InChI is InChI=1S/C13H6F5/c14-11-6-5-8(7-12(11)15)9-3-1-2-4-10(9)13(16,17)18/h1-3,5-7H. The van der Waals surface area contributed by atoms with Crippen LogP contribution in [0.15, 0.2) is 36.4 Å². The Bertz CT molecular complexity index is 572. The first-order valence-electron chi connectivity index (χ1n) is 4.93. The van der Waals surface area contributed by atoms with Crippen molar-refractivity contribution >= 4 is 0 Å². The summed E-state index contributed by atoms with van der Waals surface area (Å²) in [6.07, 6.45) is -4.60. The summed E-state index contributed by atoms with van der Waals surface area (Å²) in [7, 11) is 0. The molecule has 93 valence electrons. The van der Waals surface area contributed by atoms with Gasteiger partial charge in [-0.05, 0) is 29.3 Å². The maximum atomic E-state index is 13.0. The molecule has 0 saturated carbocycles. The Kier molecular flexibility index (Phi) is 3.07. The van der Waals surface area contributed by atoms with Crippen LogP contribution in [-0.2, 0) is 6.18 Å². The number of hydrogen-bond acceptors (Lipinski definition) is 0. The molecule has 0 fully saturated rings. The molecule has 18 heavy (non-hydrogen) atoms. The molecule has 1 radical (unpaired) electrons. The van der Waals surface area contributed by atoms with Crippen LogP contribution in [0.25, 0.3) is 11.1 Å². The average molecular weight is 257 g/mol. The summed E-state index contributed by atoms with van der Waals surface area (Å²) in [6.45, 7) is 0. The lowest BCUT2D eigenvalue weighted by Crippen LogP contribution is -2.07. The van der Waals surface area contributed by atoms with E-state index < -0.39 is 23.4 Å². The van der Waals surface area contributed by atoms with E-state index in [1.807, 2.05) is 0 Å². The fourth-order valence-electron chi connectivity index (χ4n) is 1.58. The van der Waals surface area contributed by atoms with Gasteiger partial charge in [0.1, 0.15) is 0 Å². The second kappa shape index (κ2) is 4.40. The van der Waals surface area contributed by atoms with Crippen LogP contribution in [0.1, 0.15) is 5.56 Å². The maximum Gasteiger partial charge on any atom is 0.417 e. The number of alkyl halides is 3. The zero-order valence-corrected chi connectivity index (χ0v) is 8.85.